The monoisotopic (exact) mass is 325 g/mol. The van der Waals surface area contributed by atoms with E-state index < -0.39 is 17.9 Å². The Morgan fingerprint density at radius 1 is 1.12 bits per heavy atom. The van der Waals surface area contributed by atoms with Crippen molar-refractivity contribution in [3.8, 4) is 5.75 Å². The van der Waals surface area contributed by atoms with E-state index in [2.05, 4.69) is 5.32 Å². The number of hydrogen-bond donors (Lipinski definition) is 2. The smallest absolute Gasteiger partial charge is 0.326 e. The Balaban J connectivity index is 2.03. The summed E-state index contributed by atoms with van der Waals surface area (Å²) in [7, 11) is 1.55. The van der Waals surface area contributed by atoms with E-state index in [9.17, 15) is 14.7 Å². The van der Waals surface area contributed by atoms with Crippen LogP contribution in [-0.4, -0.2) is 30.1 Å². The fraction of sp³-hybridized carbons (Fsp3) is 0.158. The van der Waals surface area contributed by atoms with Crippen LogP contribution in [0.15, 0.2) is 60.7 Å². The number of nitrogens with one attached hydrogen (secondary N) is 1. The molecule has 0 aliphatic rings. The molecule has 0 saturated heterocycles. The predicted molar refractivity (Wildman–Crippen MR) is 91.7 cm³/mol. The minimum atomic E-state index is -1.07. The largest absolute Gasteiger partial charge is 0.496 e. The highest BCUT2D eigenvalue weighted by Gasteiger charge is 2.19. The van der Waals surface area contributed by atoms with Crippen LogP contribution in [0.4, 0.5) is 0 Å². The molecule has 2 rings (SSSR count). The first-order valence-electron chi connectivity index (χ1n) is 7.48. The summed E-state index contributed by atoms with van der Waals surface area (Å²) in [6.07, 6.45) is 3.12. The van der Waals surface area contributed by atoms with Crippen LogP contribution >= 0.6 is 0 Å². The molecule has 0 fully saturated rings. The number of para-hydroxylation sites is 1. The van der Waals surface area contributed by atoms with Crippen LogP contribution in [0, 0.1) is 0 Å². The van der Waals surface area contributed by atoms with Crippen LogP contribution < -0.4 is 10.1 Å². The van der Waals surface area contributed by atoms with E-state index in [4.69, 9.17) is 4.74 Å². The first-order valence-corrected chi connectivity index (χ1v) is 7.48. The van der Waals surface area contributed by atoms with Crippen molar-refractivity contribution in [3.63, 3.8) is 0 Å². The number of rotatable bonds is 7. The van der Waals surface area contributed by atoms with Gasteiger partial charge in [-0.3, -0.25) is 4.79 Å². The van der Waals surface area contributed by atoms with E-state index in [1.807, 2.05) is 42.5 Å². The van der Waals surface area contributed by atoms with Crippen molar-refractivity contribution in [1.29, 1.82) is 0 Å². The highest BCUT2D eigenvalue weighted by Crippen LogP contribution is 2.18. The van der Waals surface area contributed by atoms with Gasteiger partial charge in [0.2, 0.25) is 5.91 Å². The van der Waals surface area contributed by atoms with Gasteiger partial charge in [-0.05, 0) is 17.7 Å². The maximum atomic E-state index is 12.0. The zero-order chi connectivity index (χ0) is 17.4. The van der Waals surface area contributed by atoms with Crippen molar-refractivity contribution < 1.29 is 19.4 Å². The van der Waals surface area contributed by atoms with Crippen LogP contribution in [0.25, 0.3) is 6.08 Å². The lowest BCUT2D eigenvalue weighted by Gasteiger charge is -2.13. The molecule has 0 aliphatic heterocycles. The van der Waals surface area contributed by atoms with Gasteiger partial charge in [0.25, 0.3) is 0 Å². The van der Waals surface area contributed by atoms with E-state index in [1.165, 1.54) is 6.08 Å². The van der Waals surface area contributed by atoms with Crippen molar-refractivity contribution in [2.45, 2.75) is 12.5 Å². The number of amides is 1. The molecule has 0 heterocycles. The standard InChI is InChI=1S/C19H19NO4/c1-24-17-10-6-5-9-15(17)11-12-18(21)20-16(19(22)23)13-14-7-3-2-4-8-14/h2-12,16H,13H2,1H3,(H,20,21)(H,22,23)/b12-11+. The highest BCUT2D eigenvalue weighted by molar-refractivity contribution is 5.94. The van der Waals surface area contributed by atoms with E-state index >= 15 is 0 Å². The first-order chi connectivity index (χ1) is 11.6. The van der Waals surface area contributed by atoms with E-state index in [-0.39, 0.29) is 6.42 Å². The molecule has 0 bridgehead atoms. The van der Waals surface area contributed by atoms with Gasteiger partial charge < -0.3 is 15.2 Å². The van der Waals surface area contributed by atoms with Gasteiger partial charge in [0.1, 0.15) is 11.8 Å². The zero-order valence-electron chi connectivity index (χ0n) is 13.3. The van der Waals surface area contributed by atoms with Gasteiger partial charge in [-0.1, -0.05) is 48.5 Å². The topological polar surface area (TPSA) is 75.6 Å². The Morgan fingerprint density at radius 2 is 1.79 bits per heavy atom. The summed E-state index contributed by atoms with van der Waals surface area (Å²) in [5, 5.41) is 11.8. The second-order valence-corrected chi connectivity index (χ2v) is 5.16. The molecule has 1 unspecified atom stereocenters. The molecule has 5 nitrogen and oxygen atoms in total. The molecule has 2 aromatic rings. The fourth-order valence-electron chi connectivity index (χ4n) is 2.24. The molecule has 0 aromatic heterocycles. The lowest BCUT2D eigenvalue weighted by Crippen LogP contribution is -2.41. The number of carboxylic acid groups (broad SMARTS) is 1. The van der Waals surface area contributed by atoms with Crippen LogP contribution in [0.1, 0.15) is 11.1 Å². The third-order valence-corrected chi connectivity index (χ3v) is 3.45. The molecule has 0 aliphatic carbocycles. The predicted octanol–water partition coefficient (Wildman–Crippen LogP) is 2.52. The van der Waals surface area contributed by atoms with Crippen LogP contribution in [-0.2, 0) is 16.0 Å². The first kappa shape index (κ1) is 17.3. The Kier molecular flexibility index (Phi) is 6.14. The number of hydrogen-bond acceptors (Lipinski definition) is 3. The molecule has 2 aromatic carbocycles. The highest BCUT2D eigenvalue weighted by atomic mass is 16.5. The molecular formula is C19H19NO4. The Labute approximate surface area is 140 Å². The van der Waals surface area contributed by atoms with Crippen molar-refractivity contribution in [2.24, 2.45) is 0 Å². The van der Waals surface area contributed by atoms with Crippen LogP contribution in [0.3, 0.4) is 0 Å². The normalized spacial score (nSPS) is 11.9. The molecule has 0 spiro atoms. The number of carbonyl (C=O) groups excluding carboxylic acids is 1. The van der Waals surface area contributed by atoms with Gasteiger partial charge in [-0.15, -0.1) is 0 Å². The summed E-state index contributed by atoms with van der Waals surface area (Å²) in [5.41, 5.74) is 1.59. The van der Waals surface area contributed by atoms with E-state index in [1.54, 1.807) is 25.3 Å². The van der Waals surface area contributed by atoms with Gasteiger partial charge in [-0.2, -0.15) is 0 Å². The third-order valence-electron chi connectivity index (χ3n) is 3.45. The number of carboxylic acids is 1. The second-order valence-electron chi connectivity index (χ2n) is 5.16. The lowest BCUT2D eigenvalue weighted by molar-refractivity contribution is -0.141. The molecule has 1 amide bonds. The van der Waals surface area contributed by atoms with Gasteiger partial charge in [-0.25, -0.2) is 4.79 Å². The summed E-state index contributed by atoms with van der Waals surface area (Å²) in [6, 6.07) is 15.4. The van der Waals surface area contributed by atoms with Crippen LogP contribution in [0.2, 0.25) is 0 Å². The lowest BCUT2D eigenvalue weighted by atomic mass is 10.1. The Morgan fingerprint density at radius 3 is 2.46 bits per heavy atom. The quantitative estimate of drug-likeness (QED) is 0.767. The minimum Gasteiger partial charge on any atom is -0.496 e. The van der Waals surface area contributed by atoms with Crippen molar-refractivity contribution in [3.05, 3.63) is 71.8 Å². The summed E-state index contributed by atoms with van der Waals surface area (Å²) in [6.45, 7) is 0. The van der Waals surface area contributed by atoms with Crippen molar-refractivity contribution in [2.75, 3.05) is 7.11 Å². The average Bonchev–Trinajstić information content (AvgIpc) is 2.60. The van der Waals surface area contributed by atoms with Gasteiger partial charge in [0.05, 0.1) is 7.11 Å². The summed E-state index contributed by atoms with van der Waals surface area (Å²) < 4.78 is 5.20. The molecule has 5 heteroatoms. The van der Waals surface area contributed by atoms with Gasteiger partial charge in [0, 0.05) is 18.1 Å². The summed E-state index contributed by atoms with van der Waals surface area (Å²) in [4.78, 5) is 23.4. The van der Waals surface area contributed by atoms with Gasteiger partial charge >= 0.3 is 5.97 Å². The maximum absolute atomic E-state index is 12.0. The van der Waals surface area contributed by atoms with E-state index in [0.29, 0.717) is 5.75 Å². The third kappa shape index (κ3) is 4.98. The van der Waals surface area contributed by atoms with Gasteiger partial charge in [0.15, 0.2) is 0 Å². The number of benzene rings is 2. The van der Waals surface area contributed by atoms with Crippen molar-refractivity contribution in [1.82, 2.24) is 5.32 Å². The molecule has 24 heavy (non-hydrogen) atoms. The summed E-state index contributed by atoms with van der Waals surface area (Å²) >= 11 is 0. The van der Waals surface area contributed by atoms with E-state index in [0.717, 1.165) is 11.1 Å². The van der Waals surface area contributed by atoms with Crippen molar-refractivity contribution >= 4 is 18.0 Å². The van der Waals surface area contributed by atoms with Crippen LogP contribution in [0.5, 0.6) is 5.75 Å². The number of carbonyl (C=O) groups is 2. The Hall–Kier alpha value is -3.08. The molecule has 0 radical (unpaired) electrons. The molecule has 1 atom stereocenters. The molecular weight excluding hydrogens is 306 g/mol. The number of methoxy groups -OCH3 is 1. The molecule has 0 saturated carbocycles. The SMILES string of the molecule is COc1ccccc1/C=C/C(=O)NC(Cc1ccccc1)C(=O)O. The zero-order valence-corrected chi connectivity index (χ0v) is 13.3. The maximum Gasteiger partial charge on any atom is 0.326 e. The summed E-state index contributed by atoms with van der Waals surface area (Å²) in [5.74, 6) is -0.900. The number of ether oxygens (including phenoxy) is 1. The molecule has 2 N–H and O–H groups in total. The second kappa shape index (κ2) is 8.53. The number of aliphatic carboxylic acids is 1. The molecule has 124 valence electrons. The Bertz CT molecular complexity index is 725. The average molecular weight is 325 g/mol. The fourth-order valence-corrected chi connectivity index (χ4v) is 2.24. The minimum absolute atomic E-state index is 0.227.